The average molecular weight is 977 g/mol. The number of anilines is 1. The van der Waals surface area contributed by atoms with Crippen LogP contribution in [-0.4, -0.2) is 77.1 Å². The van der Waals surface area contributed by atoms with Crippen molar-refractivity contribution in [1.82, 2.24) is 29.0 Å². The van der Waals surface area contributed by atoms with Gasteiger partial charge >= 0.3 is 5.69 Å². The summed E-state index contributed by atoms with van der Waals surface area (Å²) in [5.41, 5.74) is 3.68. The molecule has 20 heteroatoms. The van der Waals surface area contributed by atoms with Gasteiger partial charge in [0.2, 0.25) is 16.4 Å². The third-order valence-corrected chi connectivity index (χ3v) is 8.71. The summed E-state index contributed by atoms with van der Waals surface area (Å²) in [6.45, 7) is 7.74. The molecule has 0 bridgehead atoms. The number of carbonyl (C=O) groups excluding carboxylic acids is 1. The number of nitrogens with zero attached hydrogens (tertiary/aromatic N) is 13. The number of benzene rings is 1. The first-order chi connectivity index (χ1) is 35.2. The van der Waals surface area contributed by atoms with Gasteiger partial charge in [-0.3, -0.25) is 19.5 Å². The number of morpholine rings is 1. The molecule has 0 spiro atoms. The summed E-state index contributed by atoms with van der Waals surface area (Å²) in [5, 5.41) is 35.0. The molecule has 1 amide bonds. The molecule has 2 atom stereocenters. The summed E-state index contributed by atoms with van der Waals surface area (Å²) in [6.07, 6.45) is 14.9. The number of nitrogens with two attached hydrogens (primary N) is 1. The number of hydrogen-bond donors (Lipinski definition) is 2. The highest BCUT2D eigenvalue weighted by Gasteiger charge is 2.24. The first kappa shape index (κ1) is 53.4. The van der Waals surface area contributed by atoms with Crippen LogP contribution in [0.1, 0.15) is 56.4 Å². The predicted octanol–water partition coefficient (Wildman–Crippen LogP) is 5.67. The van der Waals surface area contributed by atoms with E-state index >= 15 is 0 Å². The summed E-state index contributed by atoms with van der Waals surface area (Å²) in [6, 6.07) is 9.86. The standard InChI is InChI=1S/C26H29N7O3.C26H2.H3N7O3.13H2/c1-17-12-30(13-18(2)36-17)14-20-10-22-24(27-11-20)32(26(35)33-25(22)28-16-29-33)15-19-5-7-21(8-6-19)31-9-3-4-23(31)34;1-3-5-7-9-11-13-15-17-19-21-23-25-26-24-22-20-18-16-14-12-10-8-6-4-2;1-2-3-4-5-6-7(8)10-9;;;;;;;;;;;;;/h5-8,10-11,16-18H,3-4,9,12-15H2,1-2H3;1-2H;9H,(H2,1,3,5);13*1H/t17-,18+;;;;;;;;;;;;;;;. The van der Waals surface area contributed by atoms with Gasteiger partial charge in [-0.25, -0.2) is 14.8 Å². The number of amides is 1. The summed E-state index contributed by atoms with van der Waals surface area (Å²) >= 11 is 0. The fraction of sp³-hybridized carbons (Fsp3) is 0.212. The van der Waals surface area contributed by atoms with Gasteiger partial charge in [-0.1, -0.05) is 17.4 Å². The average Bonchev–Trinajstić information content (AvgIpc) is 4.06. The number of terminal acetylenes is 2. The Labute approximate surface area is 433 Å². The van der Waals surface area contributed by atoms with E-state index in [0.29, 0.717) is 24.3 Å². The van der Waals surface area contributed by atoms with Crippen LogP contribution in [0.15, 0.2) is 73.8 Å². The Morgan fingerprint density at radius 3 is 1.76 bits per heavy atom. The Kier molecular flexibility index (Phi) is 22.9. The largest absolute Gasteiger partial charge is 0.373 e. The number of fused-ring (bicyclic) bond motifs is 3. The summed E-state index contributed by atoms with van der Waals surface area (Å²) < 4.78 is 8.83. The lowest BCUT2D eigenvalue weighted by molar-refractivity contribution is -0.873. The summed E-state index contributed by atoms with van der Waals surface area (Å²) in [7, 11) is 0. The monoisotopic (exact) mass is 976 g/mol. The van der Waals surface area contributed by atoms with Crippen LogP contribution in [0.2, 0.25) is 0 Å². The van der Waals surface area contributed by atoms with E-state index in [1.807, 2.05) is 35.4 Å². The molecule has 4 aromatic rings. The molecule has 20 nitrogen and oxygen atoms in total. The molecule has 72 heavy (non-hydrogen) atoms. The highest BCUT2D eigenvalue weighted by atomic mass is 17.2. The Hall–Kier alpha value is -11.2. The second kappa shape index (κ2) is 30.9. The van der Waals surface area contributed by atoms with E-state index in [9.17, 15) is 14.8 Å². The third kappa shape index (κ3) is 18.6. The van der Waals surface area contributed by atoms with Crippen LogP contribution < -0.4 is 16.4 Å². The molecule has 0 radical (unpaired) electrons. The molecule has 0 unspecified atom stereocenters. The van der Waals surface area contributed by atoms with Gasteiger partial charge < -0.3 is 25.7 Å². The molecule has 3 N–H and O–H groups in total. The fourth-order valence-electron chi connectivity index (χ4n) is 6.24. The first-order valence-electron chi connectivity index (χ1n) is 20.6. The normalized spacial score (nSPS) is 13.8. The van der Waals surface area contributed by atoms with E-state index < -0.39 is 5.02 Å². The Balaban J connectivity index is -0.000000129. The highest BCUT2D eigenvalue weighted by molar-refractivity contribution is 5.95. The number of carbonyl (C=O) groups is 1. The highest BCUT2D eigenvalue weighted by Crippen LogP contribution is 2.23. The van der Waals surface area contributed by atoms with Gasteiger partial charge in [-0.2, -0.15) is 9.61 Å². The Bertz CT molecular complexity index is 3590. The van der Waals surface area contributed by atoms with Gasteiger partial charge in [0.25, 0.3) is 0 Å². The minimum atomic E-state index is -0.602. The van der Waals surface area contributed by atoms with E-state index in [1.165, 1.54) is 10.8 Å². The van der Waals surface area contributed by atoms with Crippen molar-refractivity contribution >= 4 is 28.3 Å². The minimum absolute atomic E-state index is 0. The number of aromatic nitrogens is 5. The van der Waals surface area contributed by atoms with Gasteiger partial charge in [-0.15, -0.1) is 12.8 Å². The van der Waals surface area contributed by atoms with Crippen molar-refractivity contribution in [1.29, 1.82) is 0 Å². The van der Waals surface area contributed by atoms with Crippen molar-refractivity contribution in [3.05, 3.63) is 69.7 Å². The molecule has 374 valence electrons. The number of hydrogen-bond acceptors (Lipinski definition) is 11. The van der Waals surface area contributed by atoms with E-state index in [1.54, 1.807) is 4.57 Å². The van der Waals surface area contributed by atoms with Crippen LogP contribution in [0.4, 0.5) is 5.69 Å². The molecule has 6 rings (SSSR count). The molecule has 2 aliphatic heterocycles. The van der Waals surface area contributed by atoms with Crippen molar-refractivity contribution in [2.45, 2.75) is 52.0 Å². The maximum absolute atomic E-state index is 13.3. The molecule has 5 heterocycles. The lowest BCUT2D eigenvalue weighted by atomic mass is 10.1. The molecule has 2 fully saturated rings. The van der Waals surface area contributed by atoms with Gasteiger partial charge in [0.1, 0.15) is 17.2 Å². The van der Waals surface area contributed by atoms with Gasteiger partial charge in [0, 0.05) is 116 Å². The second-order valence-corrected chi connectivity index (χ2v) is 13.7. The molecule has 3 aromatic heterocycles. The van der Waals surface area contributed by atoms with Crippen LogP contribution in [0.5, 0.6) is 0 Å². The van der Waals surface area contributed by atoms with Crippen molar-refractivity contribution in [3.8, 4) is 155 Å². The van der Waals surface area contributed by atoms with Crippen molar-refractivity contribution in [3.63, 3.8) is 0 Å². The molecule has 2 saturated heterocycles. The molecule has 1 aromatic carbocycles. The molecular formula is C52H60N14O6. The van der Waals surface area contributed by atoms with Crippen LogP contribution >= 0.6 is 0 Å². The van der Waals surface area contributed by atoms with Crippen molar-refractivity contribution in [2.75, 3.05) is 24.5 Å². The first-order valence-corrected chi connectivity index (χ1v) is 20.6. The van der Waals surface area contributed by atoms with E-state index in [2.05, 4.69) is 214 Å². The lowest BCUT2D eigenvalue weighted by Crippen LogP contribution is -2.44. The molecular weight excluding hydrogens is 917 g/mol. The maximum Gasteiger partial charge on any atom is 0.352 e. The van der Waals surface area contributed by atoms with Crippen LogP contribution in [0.25, 0.3) is 16.7 Å². The zero-order valence-corrected chi connectivity index (χ0v) is 38.2. The van der Waals surface area contributed by atoms with E-state index in [4.69, 9.17) is 27.8 Å². The minimum Gasteiger partial charge on any atom is -0.373 e. The predicted molar refractivity (Wildman–Crippen MR) is 289 cm³/mol. The van der Waals surface area contributed by atoms with Crippen molar-refractivity contribution < 1.29 is 43.3 Å². The van der Waals surface area contributed by atoms with Crippen LogP contribution in [0, 0.1) is 160 Å². The zero-order valence-electron chi connectivity index (χ0n) is 38.2. The SMILES string of the molecule is C#CC#CC#CC#CC#CC#CC#CC#CC#CC#CC#CC#CC#C.C[C@@H]1CN(Cc2cnc3c(c2)c2ncnn2c(=O)n3Cc2ccc(N3CCCC3=O)cc2)C[C@H](C)O1.NN=NN=NN=[N+]([O-])OO.[HH].[HH].[HH].[HH].[HH].[HH].[HH].[HH].[HH].[HH].[HH].[HH].[HH]. The van der Waals surface area contributed by atoms with E-state index in [-0.39, 0.29) is 42.4 Å². The van der Waals surface area contributed by atoms with Gasteiger partial charge in [-0.05, 0) is 144 Å². The number of ether oxygens (including phenoxy) is 1. The number of pyridine rings is 1. The third-order valence-electron chi connectivity index (χ3n) is 8.71. The Morgan fingerprint density at radius 1 is 0.764 bits per heavy atom. The fourth-order valence-corrected chi connectivity index (χ4v) is 6.24. The van der Waals surface area contributed by atoms with Crippen molar-refractivity contribution in [2.24, 2.45) is 32.0 Å². The van der Waals surface area contributed by atoms with Gasteiger partial charge in [0.05, 0.1) is 29.2 Å². The van der Waals surface area contributed by atoms with Gasteiger partial charge in [0.15, 0.2) is 5.65 Å². The summed E-state index contributed by atoms with van der Waals surface area (Å²) in [5.74, 6) is 62.8. The summed E-state index contributed by atoms with van der Waals surface area (Å²) in [4.78, 5) is 41.6. The second-order valence-electron chi connectivity index (χ2n) is 13.7. The quantitative estimate of drug-likeness (QED) is 0.0716. The van der Waals surface area contributed by atoms with Crippen LogP contribution in [-0.2, 0) is 27.6 Å². The maximum atomic E-state index is 13.3. The topological polar surface area (TPSA) is 241 Å². The lowest BCUT2D eigenvalue weighted by Gasteiger charge is -2.35. The van der Waals surface area contributed by atoms with Crippen LogP contribution in [0.3, 0.4) is 0 Å². The smallest absolute Gasteiger partial charge is 0.352 e. The Morgan fingerprint density at radius 2 is 1.29 bits per heavy atom. The van der Waals surface area contributed by atoms with E-state index in [0.717, 1.165) is 54.8 Å². The molecule has 2 aliphatic rings. The number of rotatable bonds is 8. The molecule has 0 aliphatic carbocycles. The molecule has 0 saturated carbocycles. The zero-order chi connectivity index (χ0) is 51.6.